The average molecular weight is 435 g/mol. The summed E-state index contributed by atoms with van der Waals surface area (Å²) in [7, 11) is 0. The van der Waals surface area contributed by atoms with Crippen LogP contribution in [0.1, 0.15) is 41.5 Å². The molecule has 2 aromatic carbocycles. The van der Waals surface area contributed by atoms with Crippen molar-refractivity contribution < 1.29 is 23.5 Å². The van der Waals surface area contributed by atoms with Crippen molar-refractivity contribution in [3.8, 4) is 5.75 Å². The van der Waals surface area contributed by atoms with E-state index in [1.807, 2.05) is 37.3 Å². The first-order valence-electron chi connectivity index (χ1n) is 10.8. The summed E-state index contributed by atoms with van der Waals surface area (Å²) in [6.07, 6.45) is 2.34. The molecule has 0 bridgehead atoms. The number of ether oxygens (including phenoxy) is 2. The van der Waals surface area contributed by atoms with Crippen LogP contribution in [0.4, 0.5) is 4.79 Å². The molecule has 0 unspecified atom stereocenters. The van der Waals surface area contributed by atoms with Crippen LogP contribution in [0.2, 0.25) is 0 Å². The maximum atomic E-state index is 12.4. The van der Waals surface area contributed by atoms with Crippen LogP contribution < -0.4 is 15.7 Å². The molecule has 0 atom stereocenters. The number of nitrogens with one attached hydrogen (secondary N) is 1. The molecule has 1 aliphatic carbocycles. The van der Waals surface area contributed by atoms with Crippen LogP contribution in [-0.2, 0) is 29.0 Å². The third kappa shape index (κ3) is 4.99. The summed E-state index contributed by atoms with van der Waals surface area (Å²) in [5.74, 6) is 0.0106. The molecule has 0 aliphatic heterocycles. The largest absolute Gasteiger partial charge is 0.445 e. The summed E-state index contributed by atoms with van der Waals surface area (Å²) in [5.41, 5.74) is 3.47. The minimum Gasteiger partial charge on any atom is -0.445 e. The molecule has 0 spiro atoms. The number of benzene rings is 2. The monoisotopic (exact) mass is 435 g/mol. The molecule has 1 N–H and O–H groups in total. The lowest BCUT2D eigenvalue weighted by molar-refractivity contribution is -0.134. The molecule has 0 saturated heterocycles. The first-order valence-corrected chi connectivity index (χ1v) is 10.8. The van der Waals surface area contributed by atoms with Gasteiger partial charge < -0.3 is 19.2 Å². The Hall–Kier alpha value is -3.61. The highest BCUT2D eigenvalue weighted by Gasteiger charge is 2.23. The van der Waals surface area contributed by atoms with Crippen molar-refractivity contribution in [3.05, 3.63) is 75.1 Å². The normalized spacial score (nSPS) is 12.4. The number of aryl methyl sites for hydroxylation is 2. The van der Waals surface area contributed by atoms with Crippen molar-refractivity contribution in [3.63, 3.8) is 0 Å². The molecule has 0 fully saturated rings. The van der Waals surface area contributed by atoms with E-state index in [9.17, 15) is 14.4 Å². The maximum Gasteiger partial charge on any atom is 0.407 e. The van der Waals surface area contributed by atoms with E-state index in [0.717, 1.165) is 29.5 Å². The van der Waals surface area contributed by atoms with Crippen LogP contribution in [-0.4, -0.2) is 18.6 Å². The highest BCUT2D eigenvalue weighted by atomic mass is 16.5. The van der Waals surface area contributed by atoms with Crippen molar-refractivity contribution >= 4 is 23.0 Å². The number of rotatable bonds is 7. The number of carbonyl (C=O) groups is 2. The number of amides is 1. The van der Waals surface area contributed by atoms with Gasteiger partial charge in [-0.15, -0.1) is 0 Å². The van der Waals surface area contributed by atoms with E-state index >= 15 is 0 Å². The quantitative estimate of drug-likeness (QED) is 0.259. The van der Waals surface area contributed by atoms with Crippen LogP contribution in [0, 0.1) is 6.92 Å². The SMILES string of the molecule is Cc1cc(OC(=O)CCCNC(=O)OCc2ccccc2)c2c3c(c(=O)oc2c1)CCC3. The molecular weight excluding hydrogens is 410 g/mol. The van der Waals surface area contributed by atoms with Crippen LogP contribution in [0.15, 0.2) is 51.7 Å². The van der Waals surface area contributed by atoms with Gasteiger partial charge in [0.1, 0.15) is 17.9 Å². The molecule has 0 saturated carbocycles. The van der Waals surface area contributed by atoms with Gasteiger partial charge in [0.05, 0.1) is 5.39 Å². The summed E-state index contributed by atoms with van der Waals surface area (Å²) in [4.78, 5) is 36.4. The van der Waals surface area contributed by atoms with Gasteiger partial charge in [0.2, 0.25) is 0 Å². The summed E-state index contributed by atoms with van der Waals surface area (Å²) in [5, 5.41) is 3.34. The Balaban J connectivity index is 1.31. The average Bonchev–Trinajstić information content (AvgIpc) is 3.26. The van der Waals surface area contributed by atoms with Crippen molar-refractivity contribution in [2.75, 3.05) is 6.54 Å². The van der Waals surface area contributed by atoms with E-state index in [2.05, 4.69) is 5.32 Å². The van der Waals surface area contributed by atoms with Crippen LogP contribution in [0.3, 0.4) is 0 Å². The van der Waals surface area contributed by atoms with Gasteiger partial charge in [-0.3, -0.25) is 4.79 Å². The van der Waals surface area contributed by atoms with Gasteiger partial charge in [-0.25, -0.2) is 9.59 Å². The molecule has 32 heavy (non-hydrogen) atoms. The second-order valence-electron chi connectivity index (χ2n) is 7.90. The lowest BCUT2D eigenvalue weighted by atomic mass is 10.0. The highest BCUT2D eigenvalue weighted by Crippen LogP contribution is 2.35. The minimum absolute atomic E-state index is 0.132. The zero-order chi connectivity index (χ0) is 22.5. The van der Waals surface area contributed by atoms with E-state index < -0.39 is 12.1 Å². The second-order valence-corrected chi connectivity index (χ2v) is 7.90. The second kappa shape index (κ2) is 9.68. The molecule has 166 valence electrons. The van der Waals surface area contributed by atoms with Gasteiger partial charge in [0, 0.05) is 18.5 Å². The topological polar surface area (TPSA) is 94.8 Å². The molecule has 3 aromatic rings. The molecular formula is C25H25NO6. The van der Waals surface area contributed by atoms with E-state index in [-0.39, 0.29) is 18.7 Å². The Bertz CT molecular complexity index is 1200. The van der Waals surface area contributed by atoms with Crippen molar-refractivity contribution in [1.29, 1.82) is 0 Å². The summed E-state index contributed by atoms with van der Waals surface area (Å²) >= 11 is 0. The molecule has 1 amide bonds. The molecule has 7 heteroatoms. The Morgan fingerprint density at radius 1 is 1.09 bits per heavy atom. The Labute approximate surface area is 185 Å². The minimum atomic E-state index is -0.530. The third-order valence-corrected chi connectivity index (χ3v) is 5.44. The number of hydrogen-bond acceptors (Lipinski definition) is 6. The van der Waals surface area contributed by atoms with E-state index in [1.54, 1.807) is 12.1 Å². The van der Waals surface area contributed by atoms with Crippen LogP contribution in [0.25, 0.3) is 11.0 Å². The van der Waals surface area contributed by atoms with Crippen LogP contribution >= 0.6 is 0 Å². The zero-order valence-electron chi connectivity index (χ0n) is 17.9. The standard InChI is InChI=1S/C25H25NO6/c1-16-13-20(23-18-9-5-10-19(18)24(28)32-21(23)14-16)31-22(27)11-6-12-26-25(29)30-15-17-7-3-2-4-8-17/h2-4,7-8,13-14H,5-6,9-12,15H2,1H3,(H,26,29). The molecule has 1 aliphatic rings. The molecule has 1 heterocycles. The Morgan fingerprint density at radius 3 is 2.69 bits per heavy atom. The molecule has 4 rings (SSSR count). The number of fused-ring (bicyclic) bond motifs is 3. The van der Waals surface area contributed by atoms with Crippen LogP contribution in [0.5, 0.6) is 5.75 Å². The molecule has 0 radical (unpaired) electrons. The maximum absolute atomic E-state index is 12.4. The molecule has 1 aromatic heterocycles. The first kappa shape index (κ1) is 21.6. The number of hydrogen-bond donors (Lipinski definition) is 1. The van der Waals surface area contributed by atoms with E-state index in [1.165, 1.54) is 0 Å². The highest BCUT2D eigenvalue weighted by molar-refractivity contribution is 5.91. The predicted molar refractivity (Wildman–Crippen MR) is 119 cm³/mol. The zero-order valence-corrected chi connectivity index (χ0v) is 17.9. The Morgan fingerprint density at radius 2 is 1.88 bits per heavy atom. The lowest BCUT2D eigenvalue weighted by Crippen LogP contribution is -2.26. The number of carbonyl (C=O) groups excluding carboxylic acids is 2. The van der Waals surface area contributed by atoms with Gasteiger partial charge >= 0.3 is 17.7 Å². The van der Waals surface area contributed by atoms with Gasteiger partial charge in [0.25, 0.3) is 0 Å². The fraction of sp³-hybridized carbons (Fsp3) is 0.320. The first-order chi connectivity index (χ1) is 15.5. The summed E-state index contributed by atoms with van der Waals surface area (Å²) in [6.45, 7) is 2.34. The molecule has 7 nitrogen and oxygen atoms in total. The summed E-state index contributed by atoms with van der Waals surface area (Å²) in [6, 6.07) is 13.0. The lowest BCUT2D eigenvalue weighted by Gasteiger charge is -2.12. The fourth-order valence-corrected chi connectivity index (χ4v) is 3.96. The smallest absolute Gasteiger partial charge is 0.407 e. The number of alkyl carbamates (subject to hydrolysis) is 1. The number of esters is 1. The van der Waals surface area contributed by atoms with Gasteiger partial charge in [-0.2, -0.15) is 0 Å². The van der Waals surface area contributed by atoms with E-state index in [4.69, 9.17) is 13.9 Å². The van der Waals surface area contributed by atoms with Crippen molar-refractivity contribution in [2.24, 2.45) is 0 Å². The van der Waals surface area contributed by atoms with Gasteiger partial charge in [-0.1, -0.05) is 30.3 Å². The van der Waals surface area contributed by atoms with E-state index in [0.29, 0.717) is 41.7 Å². The van der Waals surface area contributed by atoms with Crippen molar-refractivity contribution in [1.82, 2.24) is 5.32 Å². The fourth-order valence-electron chi connectivity index (χ4n) is 3.96. The third-order valence-electron chi connectivity index (χ3n) is 5.44. The predicted octanol–water partition coefficient (Wildman–Crippen LogP) is 4.20. The Kier molecular flexibility index (Phi) is 6.54. The van der Waals surface area contributed by atoms with Gasteiger partial charge in [-0.05, 0) is 61.4 Å². The summed E-state index contributed by atoms with van der Waals surface area (Å²) < 4.78 is 16.3. The van der Waals surface area contributed by atoms with Gasteiger partial charge in [0.15, 0.2) is 0 Å². The van der Waals surface area contributed by atoms with Crippen molar-refractivity contribution in [2.45, 2.75) is 45.6 Å².